The summed E-state index contributed by atoms with van der Waals surface area (Å²) in [6.45, 7) is 4.01. The van der Waals surface area contributed by atoms with Crippen LogP contribution in [-0.2, 0) is 4.57 Å². The van der Waals surface area contributed by atoms with Gasteiger partial charge in [-0.2, -0.15) is 5.10 Å². The highest BCUT2D eigenvalue weighted by atomic mass is 31.2. The van der Waals surface area contributed by atoms with Gasteiger partial charge >= 0.3 is 6.03 Å². The largest absolute Gasteiger partial charge is 0.410 e. The number of hydrogen-bond donors (Lipinski definition) is 3. The highest BCUT2D eigenvalue weighted by molar-refractivity contribution is 7.83. The van der Waals surface area contributed by atoms with Crippen LogP contribution in [0.5, 0.6) is 0 Å². The lowest BCUT2D eigenvalue weighted by Crippen LogP contribution is -2.25. The van der Waals surface area contributed by atoms with Gasteiger partial charge in [-0.05, 0) is 12.8 Å². The Kier molecular flexibility index (Phi) is 8.87. The predicted octanol–water partition coefficient (Wildman–Crippen LogP) is 2.39. The van der Waals surface area contributed by atoms with Crippen LogP contribution in [0.2, 0.25) is 0 Å². The molecule has 0 aliphatic heterocycles. The van der Waals surface area contributed by atoms with Gasteiger partial charge in [0.1, 0.15) is 7.14 Å². The molecule has 0 aromatic rings. The van der Waals surface area contributed by atoms with E-state index in [4.69, 9.17) is 10.9 Å². The van der Waals surface area contributed by atoms with Crippen LogP contribution in [0.1, 0.15) is 39.5 Å². The predicted molar refractivity (Wildman–Crippen MR) is 77.6 cm³/mol. The molecule has 4 N–H and O–H groups in total. The van der Waals surface area contributed by atoms with E-state index in [1.807, 2.05) is 19.3 Å². The third-order valence-electron chi connectivity index (χ3n) is 2.62. The van der Waals surface area contributed by atoms with Crippen molar-refractivity contribution in [3.63, 3.8) is 0 Å². The van der Waals surface area contributed by atoms with E-state index in [0.717, 1.165) is 31.9 Å². The molecule has 110 valence electrons. The van der Waals surface area contributed by atoms with Crippen molar-refractivity contribution in [3.8, 4) is 0 Å². The van der Waals surface area contributed by atoms with E-state index < -0.39 is 13.2 Å². The number of carbonyl (C=O) groups is 1. The number of urea groups is 1. The average Bonchev–Trinajstić information content (AvgIpc) is 2.38. The third-order valence-corrected chi connectivity index (χ3v) is 5.74. The van der Waals surface area contributed by atoms with Crippen LogP contribution in [-0.4, -0.2) is 35.2 Å². The highest BCUT2D eigenvalue weighted by Crippen LogP contribution is 2.48. The molecule has 0 rings (SSSR count). The smallest absolute Gasteiger partial charge is 0.332 e. The molecule has 0 heterocycles. The first-order valence-corrected chi connectivity index (χ1v) is 8.47. The number of carbonyl (C=O) groups excluding carboxylic acids is 1. The Morgan fingerprint density at radius 1 is 1.32 bits per heavy atom. The van der Waals surface area contributed by atoms with E-state index >= 15 is 0 Å². The van der Waals surface area contributed by atoms with E-state index in [-0.39, 0.29) is 5.45 Å². The first-order valence-electron chi connectivity index (χ1n) is 6.39. The number of rotatable bonds is 9. The van der Waals surface area contributed by atoms with E-state index in [1.165, 1.54) is 0 Å². The zero-order valence-electron chi connectivity index (χ0n) is 11.5. The zero-order chi connectivity index (χ0) is 14.7. The molecule has 0 spiro atoms. The maximum absolute atomic E-state index is 12.8. The van der Waals surface area contributed by atoms with Gasteiger partial charge in [-0.25, -0.2) is 10.2 Å². The number of hydrazone groups is 1. The second-order valence-corrected chi connectivity index (χ2v) is 7.37. The molecule has 0 saturated carbocycles. The summed E-state index contributed by atoms with van der Waals surface area (Å²) < 4.78 is 12.8. The molecule has 0 radical (unpaired) electrons. The molecule has 2 amide bonds. The van der Waals surface area contributed by atoms with E-state index in [9.17, 15) is 9.36 Å². The molecule has 0 atom stereocenters. The van der Waals surface area contributed by atoms with Gasteiger partial charge in [0.2, 0.25) is 0 Å². The van der Waals surface area contributed by atoms with Gasteiger partial charge < -0.3 is 15.5 Å². The number of oxime groups is 1. The lowest BCUT2D eigenvalue weighted by molar-refractivity contribution is 0.249. The van der Waals surface area contributed by atoms with Crippen LogP contribution in [0.3, 0.4) is 0 Å². The molecule has 19 heavy (non-hydrogen) atoms. The van der Waals surface area contributed by atoms with Crippen molar-refractivity contribution in [2.45, 2.75) is 39.5 Å². The van der Waals surface area contributed by atoms with Crippen LogP contribution in [0, 0.1) is 0 Å². The minimum atomic E-state index is -2.76. The molecule has 8 heteroatoms. The topological polar surface area (TPSA) is 117 Å². The fourth-order valence-corrected chi connectivity index (χ4v) is 4.30. The first-order chi connectivity index (χ1) is 9.00. The molecule has 0 saturated heterocycles. The zero-order valence-corrected chi connectivity index (χ0v) is 12.4. The number of nitrogens with zero attached hydrogens (tertiary/aromatic N) is 2. The maximum atomic E-state index is 12.8. The summed E-state index contributed by atoms with van der Waals surface area (Å²) in [7, 11) is -2.76. The maximum Gasteiger partial charge on any atom is 0.332 e. The lowest BCUT2D eigenvalue weighted by Gasteiger charge is -2.16. The molecule has 0 fully saturated rings. The van der Waals surface area contributed by atoms with Crippen LogP contribution < -0.4 is 11.2 Å². The number of nitrogens with two attached hydrogens (primary N) is 1. The number of amides is 2. The minimum absolute atomic E-state index is 0.0307. The van der Waals surface area contributed by atoms with Crippen molar-refractivity contribution in [2.24, 2.45) is 16.0 Å². The molecular weight excluding hydrogens is 267 g/mol. The van der Waals surface area contributed by atoms with Gasteiger partial charge in [0.05, 0.1) is 6.21 Å². The highest BCUT2D eigenvalue weighted by Gasteiger charge is 2.27. The van der Waals surface area contributed by atoms with Crippen LogP contribution in [0.4, 0.5) is 4.79 Å². The minimum Gasteiger partial charge on any atom is -0.410 e. The fraction of sp³-hybridized carbons (Fsp3) is 0.727. The molecule has 7 nitrogen and oxygen atoms in total. The van der Waals surface area contributed by atoms with E-state index in [1.54, 1.807) is 0 Å². The molecule has 0 aliphatic carbocycles. The van der Waals surface area contributed by atoms with Crippen LogP contribution >= 0.6 is 7.14 Å². The molecule has 0 bridgehead atoms. The third kappa shape index (κ3) is 6.96. The molecule has 0 aliphatic rings. The number of hydrogen-bond acceptors (Lipinski definition) is 5. The summed E-state index contributed by atoms with van der Waals surface area (Å²) in [6.07, 6.45) is 5.46. The Balaban J connectivity index is 4.92. The van der Waals surface area contributed by atoms with E-state index in [0.29, 0.717) is 12.3 Å². The number of primary amides is 1. The fourth-order valence-electron chi connectivity index (χ4n) is 1.53. The summed E-state index contributed by atoms with van der Waals surface area (Å²) in [5.41, 5.74) is 6.87. The molecule has 0 aromatic heterocycles. The van der Waals surface area contributed by atoms with Crippen molar-refractivity contribution < 1.29 is 14.6 Å². The van der Waals surface area contributed by atoms with E-state index in [2.05, 4.69) is 10.3 Å². The average molecular weight is 290 g/mol. The normalized spacial score (nSPS) is 12.8. The SMILES string of the molecule is CCCCP(=O)(CCCC)C(/C=N/NC(N)=O)=N/O. The standard InChI is InChI=1S/C11H23N4O3P/c1-3-5-7-19(18,8-6-4-2)10(15-17)9-13-14-11(12)16/h9,17H,3-8H2,1-2H3,(H3,12,14,16)/b13-9+,15-10+. The van der Waals surface area contributed by atoms with Gasteiger partial charge in [-0.15, -0.1) is 0 Å². The van der Waals surface area contributed by atoms with Crippen molar-refractivity contribution in [3.05, 3.63) is 0 Å². The monoisotopic (exact) mass is 290 g/mol. The number of unbranched alkanes of at least 4 members (excludes halogenated alkanes) is 2. The number of nitrogens with one attached hydrogen (secondary N) is 1. The van der Waals surface area contributed by atoms with Crippen molar-refractivity contribution in [1.29, 1.82) is 0 Å². The molecule has 0 aromatic carbocycles. The van der Waals surface area contributed by atoms with Gasteiger partial charge in [0.25, 0.3) is 0 Å². The molecular formula is C11H23N4O3P. The Labute approximate surface area is 113 Å². The summed E-state index contributed by atoms with van der Waals surface area (Å²) in [5, 5.41) is 15.6. The summed E-state index contributed by atoms with van der Waals surface area (Å²) in [6, 6.07) is -0.828. The Bertz CT molecular complexity index is 370. The van der Waals surface area contributed by atoms with Crippen LogP contribution in [0.25, 0.3) is 0 Å². The summed E-state index contributed by atoms with van der Waals surface area (Å²) >= 11 is 0. The Morgan fingerprint density at radius 3 is 2.21 bits per heavy atom. The van der Waals surface area contributed by atoms with Gasteiger partial charge in [-0.3, -0.25) is 0 Å². The summed E-state index contributed by atoms with van der Waals surface area (Å²) in [5.74, 6) is 0. The van der Waals surface area contributed by atoms with Crippen molar-refractivity contribution >= 4 is 24.8 Å². The second kappa shape index (κ2) is 9.55. The Morgan fingerprint density at radius 2 is 1.84 bits per heavy atom. The van der Waals surface area contributed by atoms with Crippen molar-refractivity contribution in [2.75, 3.05) is 12.3 Å². The van der Waals surface area contributed by atoms with Gasteiger partial charge in [0, 0.05) is 12.3 Å². The quantitative estimate of drug-likeness (QED) is 0.262. The second-order valence-electron chi connectivity index (χ2n) is 4.24. The van der Waals surface area contributed by atoms with Crippen molar-refractivity contribution in [1.82, 2.24) is 5.43 Å². The lowest BCUT2D eigenvalue weighted by atomic mass is 10.4. The van der Waals surface area contributed by atoms with Gasteiger partial charge in [-0.1, -0.05) is 31.8 Å². The Hall–Kier alpha value is -1.36. The first kappa shape index (κ1) is 17.6. The molecule has 0 unspecified atom stereocenters. The summed E-state index contributed by atoms with van der Waals surface area (Å²) in [4.78, 5) is 10.5. The van der Waals surface area contributed by atoms with Gasteiger partial charge in [0.15, 0.2) is 5.45 Å². The van der Waals surface area contributed by atoms with Crippen LogP contribution in [0.15, 0.2) is 10.3 Å².